The van der Waals surface area contributed by atoms with Gasteiger partial charge in [-0.25, -0.2) is 9.97 Å². The second-order valence-electron chi connectivity index (χ2n) is 4.27. The highest BCUT2D eigenvalue weighted by Gasteiger charge is 2.21. The summed E-state index contributed by atoms with van der Waals surface area (Å²) in [7, 11) is 0. The van der Waals surface area contributed by atoms with E-state index in [1.165, 1.54) is 0 Å². The third-order valence-corrected chi connectivity index (χ3v) is 3.30. The molecule has 0 atom stereocenters. The Labute approximate surface area is 109 Å². The lowest BCUT2D eigenvalue weighted by molar-refractivity contribution is 0.556. The zero-order valence-corrected chi connectivity index (χ0v) is 10.7. The molecule has 2 N–H and O–H groups in total. The molecule has 3 rings (SSSR count). The molecule has 7 heteroatoms. The maximum atomic E-state index is 6.03. The van der Waals surface area contributed by atoms with Gasteiger partial charge in [0.15, 0.2) is 5.82 Å². The van der Waals surface area contributed by atoms with E-state index in [4.69, 9.17) is 17.3 Å². The molecule has 1 aliphatic heterocycles. The minimum absolute atomic E-state index is 0.227. The summed E-state index contributed by atoms with van der Waals surface area (Å²) in [5.41, 5.74) is 7.32. The molecule has 0 saturated heterocycles. The molecule has 18 heavy (non-hydrogen) atoms. The molecule has 0 aromatic carbocycles. The molecule has 0 saturated carbocycles. The standard InChI is InChI=1S/C11H13ClN6/c1-7-9(13)10(16-11(12)15-7)18-5-4-17-3-2-14-8(17)6-18/h2-3H,4-6,13H2,1H3. The molecule has 0 fully saturated rings. The maximum absolute atomic E-state index is 6.03. The first-order valence-corrected chi connectivity index (χ1v) is 6.07. The van der Waals surface area contributed by atoms with Crippen molar-refractivity contribution < 1.29 is 0 Å². The molecule has 0 radical (unpaired) electrons. The van der Waals surface area contributed by atoms with Crippen molar-refractivity contribution in [3.05, 3.63) is 29.2 Å². The largest absolute Gasteiger partial charge is 0.394 e. The molecular weight excluding hydrogens is 252 g/mol. The summed E-state index contributed by atoms with van der Waals surface area (Å²) in [6.07, 6.45) is 3.79. The zero-order valence-electron chi connectivity index (χ0n) is 9.97. The number of halogens is 1. The van der Waals surface area contributed by atoms with E-state index < -0.39 is 0 Å². The van der Waals surface area contributed by atoms with Gasteiger partial charge in [0.25, 0.3) is 0 Å². The molecule has 2 aromatic heterocycles. The highest BCUT2D eigenvalue weighted by Crippen LogP contribution is 2.27. The second kappa shape index (κ2) is 4.13. The van der Waals surface area contributed by atoms with E-state index >= 15 is 0 Å². The minimum atomic E-state index is 0.227. The van der Waals surface area contributed by atoms with Crippen LogP contribution in [-0.4, -0.2) is 26.1 Å². The van der Waals surface area contributed by atoms with Gasteiger partial charge in [0.2, 0.25) is 5.28 Å². The Balaban J connectivity index is 1.98. The van der Waals surface area contributed by atoms with Crippen LogP contribution in [0.5, 0.6) is 0 Å². The van der Waals surface area contributed by atoms with Crippen molar-refractivity contribution in [3.63, 3.8) is 0 Å². The Kier molecular flexibility index (Phi) is 2.59. The average Bonchev–Trinajstić information content (AvgIpc) is 2.80. The second-order valence-corrected chi connectivity index (χ2v) is 4.61. The number of nitrogens with zero attached hydrogens (tertiary/aromatic N) is 5. The molecule has 0 bridgehead atoms. The summed E-state index contributed by atoms with van der Waals surface area (Å²) >= 11 is 5.90. The first-order chi connectivity index (χ1) is 8.65. The van der Waals surface area contributed by atoms with Gasteiger partial charge in [-0.15, -0.1) is 0 Å². The molecule has 1 aliphatic rings. The monoisotopic (exact) mass is 264 g/mol. The fourth-order valence-electron chi connectivity index (χ4n) is 2.13. The molecule has 0 amide bonds. The number of hydrogen-bond donors (Lipinski definition) is 1. The predicted molar refractivity (Wildman–Crippen MR) is 69.5 cm³/mol. The van der Waals surface area contributed by atoms with Crippen LogP contribution < -0.4 is 10.6 Å². The van der Waals surface area contributed by atoms with Crippen LogP contribution in [-0.2, 0) is 13.1 Å². The van der Waals surface area contributed by atoms with Gasteiger partial charge in [-0.1, -0.05) is 0 Å². The lowest BCUT2D eigenvalue weighted by atomic mass is 10.3. The summed E-state index contributed by atoms with van der Waals surface area (Å²) in [6, 6.07) is 0. The summed E-state index contributed by atoms with van der Waals surface area (Å²) < 4.78 is 2.13. The van der Waals surface area contributed by atoms with Crippen molar-refractivity contribution >= 4 is 23.1 Å². The third-order valence-electron chi connectivity index (χ3n) is 3.13. The number of rotatable bonds is 1. The number of aromatic nitrogens is 4. The molecule has 0 spiro atoms. The van der Waals surface area contributed by atoms with Gasteiger partial charge in [-0.2, -0.15) is 4.98 Å². The molecule has 2 aromatic rings. The number of nitrogens with two attached hydrogens (primary N) is 1. The Morgan fingerprint density at radius 2 is 2.17 bits per heavy atom. The van der Waals surface area contributed by atoms with Crippen LogP contribution in [0.3, 0.4) is 0 Å². The van der Waals surface area contributed by atoms with Crippen molar-refractivity contribution in [1.82, 2.24) is 19.5 Å². The number of nitrogen functional groups attached to an aromatic ring is 1. The number of hydrogen-bond acceptors (Lipinski definition) is 5. The van der Waals surface area contributed by atoms with E-state index in [1.807, 2.05) is 13.1 Å². The first-order valence-electron chi connectivity index (χ1n) is 5.69. The van der Waals surface area contributed by atoms with Gasteiger partial charge in [-0.3, -0.25) is 0 Å². The van der Waals surface area contributed by atoms with E-state index in [0.29, 0.717) is 23.7 Å². The van der Waals surface area contributed by atoms with Gasteiger partial charge in [0, 0.05) is 25.5 Å². The Hall–Kier alpha value is -1.82. The summed E-state index contributed by atoms with van der Waals surface area (Å²) in [5, 5.41) is 0.227. The topological polar surface area (TPSA) is 72.9 Å². The number of imidazole rings is 1. The highest BCUT2D eigenvalue weighted by atomic mass is 35.5. The van der Waals surface area contributed by atoms with Crippen molar-refractivity contribution in [1.29, 1.82) is 0 Å². The van der Waals surface area contributed by atoms with Gasteiger partial charge in [0.1, 0.15) is 5.82 Å². The minimum Gasteiger partial charge on any atom is -0.394 e. The van der Waals surface area contributed by atoms with E-state index in [1.54, 1.807) is 6.20 Å². The van der Waals surface area contributed by atoms with Crippen LogP contribution in [0.15, 0.2) is 12.4 Å². The Morgan fingerprint density at radius 3 is 3.00 bits per heavy atom. The van der Waals surface area contributed by atoms with E-state index in [0.717, 1.165) is 18.9 Å². The summed E-state index contributed by atoms with van der Waals surface area (Å²) in [5.74, 6) is 1.70. The fraction of sp³-hybridized carbons (Fsp3) is 0.364. The SMILES string of the molecule is Cc1nc(Cl)nc(N2CCn3ccnc3C2)c1N. The third kappa shape index (κ3) is 1.78. The van der Waals surface area contributed by atoms with Gasteiger partial charge in [-0.05, 0) is 18.5 Å². The summed E-state index contributed by atoms with van der Waals surface area (Å²) in [6.45, 7) is 4.22. The number of fused-ring (bicyclic) bond motifs is 1. The fourth-order valence-corrected chi connectivity index (χ4v) is 2.34. The van der Waals surface area contributed by atoms with Crippen LogP contribution in [0.25, 0.3) is 0 Å². The van der Waals surface area contributed by atoms with E-state index in [9.17, 15) is 0 Å². The lowest BCUT2D eigenvalue weighted by Crippen LogP contribution is -2.35. The lowest BCUT2D eigenvalue weighted by Gasteiger charge is -2.29. The van der Waals surface area contributed by atoms with E-state index in [-0.39, 0.29) is 5.28 Å². The Bertz CT molecular complexity index is 593. The van der Waals surface area contributed by atoms with Crippen molar-refractivity contribution in [2.75, 3.05) is 17.2 Å². The zero-order chi connectivity index (χ0) is 12.7. The molecule has 0 unspecified atom stereocenters. The molecule has 0 aliphatic carbocycles. The van der Waals surface area contributed by atoms with Gasteiger partial charge >= 0.3 is 0 Å². The van der Waals surface area contributed by atoms with Crippen LogP contribution in [0.4, 0.5) is 11.5 Å². The van der Waals surface area contributed by atoms with Crippen molar-refractivity contribution in [2.24, 2.45) is 0 Å². The quantitative estimate of drug-likeness (QED) is 0.785. The van der Waals surface area contributed by atoms with Gasteiger partial charge < -0.3 is 15.2 Å². The molecule has 94 valence electrons. The van der Waals surface area contributed by atoms with Crippen LogP contribution in [0.2, 0.25) is 5.28 Å². The van der Waals surface area contributed by atoms with Crippen LogP contribution in [0.1, 0.15) is 11.5 Å². The number of aryl methyl sites for hydroxylation is 1. The molecule has 3 heterocycles. The van der Waals surface area contributed by atoms with Crippen LogP contribution in [0, 0.1) is 6.92 Å². The van der Waals surface area contributed by atoms with E-state index in [2.05, 4.69) is 24.4 Å². The first kappa shape index (κ1) is 11.3. The van der Waals surface area contributed by atoms with Crippen molar-refractivity contribution in [2.45, 2.75) is 20.0 Å². The van der Waals surface area contributed by atoms with Crippen molar-refractivity contribution in [3.8, 4) is 0 Å². The molecule has 6 nitrogen and oxygen atoms in total. The number of anilines is 2. The van der Waals surface area contributed by atoms with Gasteiger partial charge in [0.05, 0.1) is 17.9 Å². The normalized spacial score (nSPS) is 14.7. The average molecular weight is 265 g/mol. The maximum Gasteiger partial charge on any atom is 0.224 e. The smallest absolute Gasteiger partial charge is 0.224 e. The highest BCUT2D eigenvalue weighted by molar-refractivity contribution is 6.28. The predicted octanol–water partition coefficient (Wildman–Crippen LogP) is 1.24. The molecular formula is C11H13ClN6. The van der Waals surface area contributed by atoms with Crippen LogP contribution >= 0.6 is 11.6 Å². The summed E-state index contributed by atoms with van der Waals surface area (Å²) in [4.78, 5) is 14.7. The Morgan fingerprint density at radius 1 is 1.33 bits per heavy atom.